The van der Waals surface area contributed by atoms with Crippen molar-refractivity contribution in [2.75, 3.05) is 12.4 Å². The first-order chi connectivity index (χ1) is 9.52. The van der Waals surface area contributed by atoms with E-state index in [2.05, 4.69) is 61.0 Å². The van der Waals surface area contributed by atoms with Gasteiger partial charge < -0.3 is 10.1 Å². The van der Waals surface area contributed by atoms with E-state index in [9.17, 15) is 0 Å². The molecule has 1 aromatic heterocycles. The van der Waals surface area contributed by atoms with E-state index in [-0.39, 0.29) is 5.92 Å². The summed E-state index contributed by atoms with van der Waals surface area (Å²) in [5.41, 5.74) is 0.963. The molecule has 1 heterocycles. The minimum absolute atomic E-state index is 0.253. The summed E-state index contributed by atoms with van der Waals surface area (Å²) < 4.78 is 7.79. The van der Waals surface area contributed by atoms with Gasteiger partial charge in [0.25, 0.3) is 0 Å². The first-order valence-electron chi connectivity index (χ1n) is 6.18. The number of anilines is 1. The van der Waals surface area contributed by atoms with Crippen molar-refractivity contribution in [1.82, 2.24) is 9.97 Å². The van der Waals surface area contributed by atoms with Crippen molar-refractivity contribution in [2.45, 2.75) is 19.8 Å². The van der Waals surface area contributed by atoms with Crippen LogP contribution < -0.4 is 10.1 Å². The second-order valence-electron chi connectivity index (χ2n) is 4.52. The predicted octanol–water partition coefficient (Wildman–Crippen LogP) is 4.96. The van der Waals surface area contributed by atoms with E-state index in [1.807, 2.05) is 25.2 Å². The second-order valence-corrected chi connectivity index (χ2v) is 6.29. The lowest BCUT2D eigenvalue weighted by atomic mass is 10.1. The minimum Gasteiger partial charge on any atom is -0.437 e. The van der Waals surface area contributed by atoms with E-state index >= 15 is 0 Å². The number of nitrogens with one attached hydrogen (secondary N) is 1. The van der Waals surface area contributed by atoms with Gasteiger partial charge in [-0.3, -0.25) is 0 Å². The molecule has 1 aromatic carbocycles. The molecule has 4 nitrogen and oxygen atoms in total. The van der Waals surface area contributed by atoms with Crippen molar-refractivity contribution >= 4 is 37.7 Å². The summed E-state index contributed by atoms with van der Waals surface area (Å²) in [5.74, 6) is 2.33. The van der Waals surface area contributed by atoms with Gasteiger partial charge in [0.2, 0.25) is 5.88 Å². The van der Waals surface area contributed by atoms with Gasteiger partial charge in [-0.05, 0) is 40.0 Å². The van der Waals surface area contributed by atoms with Crippen LogP contribution in [0.1, 0.15) is 25.3 Å². The molecule has 0 unspecified atom stereocenters. The molecule has 20 heavy (non-hydrogen) atoms. The van der Waals surface area contributed by atoms with Gasteiger partial charge in [-0.1, -0.05) is 29.8 Å². The fourth-order valence-corrected chi connectivity index (χ4v) is 2.97. The zero-order valence-electron chi connectivity index (χ0n) is 11.4. The normalized spacial score (nSPS) is 10.7. The molecular weight excluding hydrogens is 386 g/mol. The van der Waals surface area contributed by atoms with Crippen LogP contribution in [0.2, 0.25) is 0 Å². The number of halogens is 2. The number of aromatic nitrogens is 2. The zero-order chi connectivity index (χ0) is 14.7. The van der Waals surface area contributed by atoms with Crippen LogP contribution in [0.5, 0.6) is 11.6 Å². The summed E-state index contributed by atoms with van der Waals surface area (Å²) in [6, 6.07) is 5.75. The highest BCUT2D eigenvalue weighted by Gasteiger charge is 2.17. The van der Waals surface area contributed by atoms with Crippen LogP contribution in [0, 0.1) is 0 Å². The second kappa shape index (κ2) is 6.54. The summed E-state index contributed by atoms with van der Waals surface area (Å²) in [4.78, 5) is 8.50. The van der Waals surface area contributed by atoms with Gasteiger partial charge in [-0.15, -0.1) is 0 Å². The first-order valence-corrected chi connectivity index (χ1v) is 7.77. The summed E-state index contributed by atoms with van der Waals surface area (Å²) in [6.45, 7) is 4.17. The fraction of sp³-hybridized carbons (Fsp3) is 0.286. The van der Waals surface area contributed by atoms with Crippen molar-refractivity contribution in [1.29, 1.82) is 0 Å². The van der Waals surface area contributed by atoms with Gasteiger partial charge in [0.1, 0.15) is 17.9 Å². The molecule has 2 rings (SSSR count). The largest absolute Gasteiger partial charge is 0.437 e. The van der Waals surface area contributed by atoms with Gasteiger partial charge in [0, 0.05) is 11.5 Å². The smallest absolute Gasteiger partial charge is 0.227 e. The maximum atomic E-state index is 5.94. The number of nitrogens with zero attached hydrogens (tertiary/aromatic N) is 2. The summed E-state index contributed by atoms with van der Waals surface area (Å²) in [5, 5.41) is 3.08. The lowest BCUT2D eigenvalue weighted by Crippen LogP contribution is -2.04. The maximum absolute atomic E-state index is 5.94. The van der Waals surface area contributed by atoms with Crippen LogP contribution in [-0.4, -0.2) is 17.0 Å². The highest BCUT2D eigenvalue weighted by Crippen LogP contribution is 2.36. The third kappa shape index (κ3) is 3.30. The van der Waals surface area contributed by atoms with Gasteiger partial charge >= 0.3 is 0 Å². The Kier molecular flexibility index (Phi) is 4.99. The van der Waals surface area contributed by atoms with E-state index in [0.717, 1.165) is 26.1 Å². The van der Waals surface area contributed by atoms with Crippen molar-refractivity contribution in [3.05, 3.63) is 39.0 Å². The minimum atomic E-state index is 0.253. The molecule has 0 aliphatic heterocycles. The zero-order valence-corrected chi connectivity index (χ0v) is 14.6. The number of rotatable bonds is 4. The third-order valence-corrected chi connectivity index (χ3v) is 3.88. The standard InChI is InChI=1S/C14H15Br2N3O/c1-8(2)12-13(17-3)18-7-19-14(12)20-11-5-4-9(15)6-10(11)16/h4-8H,1-3H3,(H,17,18,19). The van der Waals surface area contributed by atoms with E-state index < -0.39 is 0 Å². The molecule has 6 heteroatoms. The Bertz CT molecular complexity index is 617. The van der Waals surface area contributed by atoms with Crippen molar-refractivity contribution in [3.63, 3.8) is 0 Å². The predicted molar refractivity (Wildman–Crippen MR) is 87.6 cm³/mol. The Hall–Kier alpha value is -1.14. The summed E-state index contributed by atoms with van der Waals surface area (Å²) >= 11 is 6.91. The number of hydrogen-bond donors (Lipinski definition) is 1. The molecule has 0 aliphatic rings. The maximum Gasteiger partial charge on any atom is 0.227 e. The Morgan fingerprint density at radius 1 is 1.20 bits per heavy atom. The molecule has 0 aliphatic carbocycles. The van der Waals surface area contributed by atoms with Crippen LogP contribution in [-0.2, 0) is 0 Å². The Balaban J connectivity index is 2.43. The molecule has 0 amide bonds. The Morgan fingerprint density at radius 3 is 2.55 bits per heavy atom. The Labute approximate surface area is 135 Å². The third-order valence-electron chi connectivity index (χ3n) is 2.76. The average Bonchev–Trinajstić information content (AvgIpc) is 2.41. The molecule has 106 valence electrons. The molecule has 0 spiro atoms. The molecular formula is C14H15Br2N3O. The molecule has 0 bridgehead atoms. The van der Waals surface area contributed by atoms with Crippen LogP contribution in [0.15, 0.2) is 33.5 Å². The lowest BCUT2D eigenvalue weighted by Gasteiger charge is -2.16. The number of hydrogen-bond acceptors (Lipinski definition) is 4. The average molecular weight is 401 g/mol. The van der Waals surface area contributed by atoms with Gasteiger partial charge in [-0.25, -0.2) is 9.97 Å². The van der Waals surface area contributed by atoms with Crippen molar-refractivity contribution in [2.24, 2.45) is 0 Å². The van der Waals surface area contributed by atoms with Crippen LogP contribution >= 0.6 is 31.9 Å². The molecule has 0 saturated carbocycles. The number of benzene rings is 1. The van der Waals surface area contributed by atoms with Crippen molar-refractivity contribution in [3.8, 4) is 11.6 Å². The molecule has 2 aromatic rings. The lowest BCUT2D eigenvalue weighted by molar-refractivity contribution is 0.449. The van der Waals surface area contributed by atoms with E-state index in [1.165, 1.54) is 6.33 Å². The number of ether oxygens (including phenoxy) is 1. The van der Waals surface area contributed by atoms with Crippen molar-refractivity contribution < 1.29 is 4.74 Å². The Morgan fingerprint density at radius 2 is 1.95 bits per heavy atom. The molecule has 0 atom stereocenters. The van der Waals surface area contributed by atoms with E-state index in [0.29, 0.717) is 5.88 Å². The highest BCUT2D eigenvalue weighted by atomic mass is 79.9. The molecule has 0 saturated heterocycles. The summed E-state index contributed by atoms with van der Waals surface area (Å²) in [6.07, 6.45) is 1.50. The SMILES string of the molecule is CNc1ncnc(Oc2ccc(Br)cc2Br)c1C(C)C. The van der Waals surface area contributed by atoms with Gasteiger partial charge in [0.05, 0.1) is 10.0 Å². The van der Waals surface area contributed by atoms with E-state index in [1.54, 1.807) is 0 Å². The van der Waals surface area contributed by atoms with Crippen LogP contribution in [0.3, 0.4) is 0 Å². The van der Waals surface area contributed by atoms with Gasteiger partial charge in [-0.2, -0.15) is 0 Å². The van der Waals surface area contributed by atoms with Crippen LogP contribution in [0.25, 0.3) is 0 Å². The van der Waals surface area contributed by atoms with Crippen LogP contribution in [0.4, 0.5) is 5.82 Å². The molecule has 0 radical (unpaired) electrons. The fourth-order valence-electron chi connectivity index (χ4n) is 1.84. The topological polar surface area (TPSA) is 47.0 Å². The quantitative estimate of drug-likeness (QED) is 0.787. The molecule has 1 N–H and O–H groups in total. The van der Waals surface area contributed by atoms with E-state index in [4.69, 9.17) is 4.74 Å². The molecule has 0 fully saturated rings. The highest BCUT2D eigenvalue weighted by molar-refractivity contribution is 9.11. The monoisotopic (exact) mass is 399 g/mol. The van der Waals surface area contributed by atoms with Gasteiger partial charge in [0.15, 0.2) is 0 Å². The first kappa shape index (κ1) is 15.3. The summed E-state index contributed by atoms with van der Waals surface area (Å²) in [7, 11) is 1.84.